The van der Waals surface area contributed by atoms with Crippen LogP contribution in [0.4, 0.5) is 46.5 Å². The van der Waals surface area contributed by atoms with Crippen LogP contribution in [0.25, 0.3) is 0 Å². The zero-order chi connectivity index (χ0) is 64.1. The van der Waals surface area contributed by atoms with E-state index in [0.29, 0.717) is 85.6 Å². The van der Waals surface area contributed by atoms with Crippen LogP contribution in [0.3, 0.4) is 0 Å². The van der Waals surface area contributed by atoms with Gasteiger partial charge in [-0.15, -0.1) is 0 Å². The number of hydrogen-bond donors (Lipinski definition) is 3. The smallest absolute Gasteiger partial charge is 0.248 e. The Hall–Kier alpha value is -4.77. The van der Waals surface area contributed by atoms with Gasteiger partial charge in [-0.1, -0.05) is 29.1 Å². The van der Waals surface area contributed by atoms with E-state index in [0.717, 1.165) is 43.1 Å². The molecule has 0 spiro atoms. The van der Waals surface area contributed by atoms with Gasteiger partial charge in [0.2, 0.25) is 58.4 Å². The molecule has 86 heavy (non-hydrogen) atoms. The molecule has 4 saturated carbocycles. The monoisotopic (exact) mass is 1440 g/mol. The van der Waals surface area contributed by atoms with E-state index >= 15 is 0 Å². The summed E-state index contributed by atoms with van der Waals surface area (Å²) < 4.78 is 142. The molecular formula is C58H74Br3ClF8N6O10. The SMILES string of the molecule is C=CC(=O)Cl.C=CC(=O)Nc1cnc(OC)c(COC2CCC(F)(F)CC2)c1.COc1ncc(Br)cc1CBr.COc1ncc(Br)cc1COC1CCC(F)(F)CC1.COc1ncc(N)cc1COC1CCC(F)(F)CC1.OC1CCC(F)(F)CC1. The lowest BCUT2D eigenvalue weighted by molar-refractivity contribution is -0.112. The summed E-state index contributed by atoms with van der Waals surface area (Å²) in [6, 6.07) is 7.25. The second-order valence-electron chi connectivity index (χ2n) is 20.0. The van der Waals surface area contributed by atoms with Crippen molar-refractivity contribution in [1.82, 2.24) is 19.9 Å². The lowest BCUT2D eigenvalue weighted by Crippen LogP contribution is -2.29. The van der Waals surface area contributed by atoms with Crippen LogP contribution < -0.4 is 30.0 Å². The molecule has 0 radical (unpaired) electrons. The number of aromatic nitrogens is 4. The lowest BCUT2D eigenvalue weighted by atomic mass is 9.94. The first-order chi connectivity index (χ1) is 40.6. The Morgan fingerprint density at radius 1 is 0.570 bits per heavy atom. The number of carbonyl (C=O) groups is 2. The van der Waals surface area contributed by atoms with Crippen molar-refractivity contribution < 1.29 is 83.0 Å². The van der Waals surface area contributed by atoms with Gasteiger partial charge in [-0.25, -0.2) is 55.1 Å². The van der Waals surface area contributed by atoms with Gasteiger partial charge in [0.25, 0.3) is 0 Å². The maximum atomic E-state index is 13.1. The fourth-order valence-corrected chi connectivity index (χ4v) is 9.70. The molecule has 0 aromatic carbocycles. The number of aliphatic hydroxyl groups excluding tert-OH is 1. The number of nitrogens with zero attached hydrogens (tertiary/aromatic N) is 4. The highest BCUT2D eigenvalue weighted by atomic mass is 79.9. The number of anilines is 2. The van der Waals surface area contributed by atoms with Crippen LogP contribution in [0.1, 0.15) is 125 Å². The molecule has 4 fully saturated rings. The van der Waals surface area contributed by atoms with E-state index in [-0.39, 0.29) is 102 Å². The summed E-state index contributed by atoms with van der Waals surface area (Å²) in [6.07, 6.45) is 9.34. The Morgan fingerprint density at radius 3 is 1.22 bits per heavy atom. The first-order valence-corrected chi connectivity index (χ1v) is 30.2. The Balaban J connectivity index is 0.000000284. The van der Waals surface area contributed by atoms with E-state index in [9.17, 15) is 44.7 Å². The first-order valence-electron chi connectivity index (χ1n) is 27.1. The molecule has 4 heterocycles. The van der Waals surface area contributed by atoms with Crippen molar-refractivity contribution in [2.45, 2.75) is 176 Å². The van der Waals surface area contributed by atoms with E-state index in [4.69, 9.17) is 55.6 Å². The minimum Gasteiger partial charge on any atom is -0.481 e. The van der Waals surface area contributed by atoms with Gasteiger partial charge in [0.1, 0.15) is 0 Å². The molecule has 0 atom stereocenters. The van der Waals surface area contributed by atoms with Crippen molar-refractivity contribution in [2.24, 2.45) is 0 Å². The predicted molar refractivity (Wildman–Crippen MR) is 321 cm³/mol. The van der Waals surface area contributed by atoms with E-state index < -0.39 is 35.0 Å². The average Bonchev–Trinajstić information content (AvgIpc) is 3.58. The topological polar surface area (TPSA) is 209 Å². The molecule has 480 valence electrons. The summed E-state index contributed by atoms with van der Waals surface area (Å²) in [6.45, 7) is 7.24. The molecule has 8 rings (SSSR count). The summed E-state index contributed by atoms with van der Waals surface area (Å²) in [5.41, 5.74) is 9.91. The summed E-state index contributed by atoms with van der Waals surface area (Å²) in [5.74, 6) is -8.47. The molecule has 4 N–H and O–H groups in total. The van der Waals surface area contributed by atoms with E-state index in [1.807, 2.05) is 12.1 Å². The average molecular weight is 1440 g/mol. The van der Waals surface area contributed by atoms with Gasteiger partial charge in [0.15, 0.2) is 0 Å². The second kappa shape index (κ2) is 37.9. The highest BCUT2D eigenvalue weighted by Crippen LogP contribution is 2.38. The molecule has 1 amide bonds. The van der Waals surface area contributed by atoms with Crippen molar-refractivity contribution in [1.29, 1.82) is 0 Å². The Bertz CT molecular complexity index is 2630. The number of rotatable bonds is 17. The van der Waals surface area contributed by atoms with Crippen molar-refractivity contribution in [3.8, 4) is 23.5 Å². The zero-order valence-corrected chi connectivity index (χ0v) is 53.7. The van der Waals surface area contributed by atoms with Gasteiger partial charge in [-0.2, -0.15) is 0 Å². The lowest BCUT2D eigenvalue weighted by Gasteiger charge is -2.28. The van der Waals surface area contributed by atoms with Crippen LogP contribution in [0.5, 0.6) is 23.5 Å². The number of hydrogen-bond acceptors (Lipinski definition) is 15. The third-order valence-electron chi connectivity index (χ3n) is 13.3. The number of amides is 1. The van der Waals surface area contributed by atoms with Crippen molar-refractivity contribution >= 4 is 81.9 Å². The predicted octanol–water partition coefficient (Wildman–Crippen LogP) is 15.3. The highest BCUT2D eigenvalue weighted by Gasteiger charge is 2.38. The molecule has 0 aliphatic heterocycles. The molecule has 4 aliphatic rings. The number of ether oxygens (including phenoxy) is 7. The summed E-state index contributed by atoms with van der Waals surface area (Å²) in [4.78, 5) is 37.1. The van der Waals surface area contributed by atoms with Gasteiger partial charge in [0, 0.05) is 100 Å². The summed E-state index contributed by atoms with van der Waals surface area (Å²) in [5, 5.41) is 11.7. The Labute approximate surface area is 526 Å². The number of methoxy groups -OCH3 is 4. The van der Waals surface area contributed by atoms with Crippen molar-refractivity contribution in [3.63, 3.8) is 0 Å². The number of nitrogens with one attached hydrogen (secondary N) is 1. The number of alkyl halides is 9. The maximum Gasteiger partial charge on any atom is 0.248 e. The fraction of sp³-hybridized carbons (Fsp3) is 0.552. The Kier molecular flexibility index (Phi) is 33.3. The number of allylic oxidation sites excluding steroid dienone is 1. The second-order valence-corrected chi connectivity index (χ2v) is 22.8. The fourth-order valence-electron chi connectivity index (χ4n) is 8.54. The summed E-state index contributed by atoms with van der Waals surface area (Å²) in [7, 11) is 6.15. The van der Waals surface area contributed by atoms with E-state index in [1.165, 1.54) is 26.6 Å². The number of pyridine rings is 4. The third kappa shape index (κ3) is 29.5. The minimum atomic E-state index is -2.58. The molecule has 0 saturated heterocycles. The maximum absolute atomic E-state index is 13.1. The molecule has 0 unspecified atom stereocenters. The van der Waals surface area contributed by atoms with Gasteiger partial charge in [-0.3, -0.25) is 9.59 Å². The summed E-state index contributed by atoms with van der Waals surface area (Å²) >= 11 is 14.7. The van der Waals surface area contributed by atoms with Gasteiger partial charge >= 0.3 is 0 Å². The molecule has 16 nitrogen and oxygen atoms in total. The Morgan fingerprint density at radius 2 is 0.884 bits per heavy atom. The van der Waals surface area contributed by atoms with E-state index in [2.05, 4.69) is 86.2 Å². The number of nitrogens with two attached hydrogens (primary N) is 1. The number of carbonyl (C=O) groups excluding carboxylic acids is 2. The van der Waals surface area contributed by atoms with Gasteiger partial charge in [0.05, 0.1) is 96.4 Å². The number of halogens is 12. The van der Waals surface area contributed by atoms with Crippen molar-refractivity contribution in [2.75, 3.05) is 39.5 Å². The normalized spacial score (nSPS) is 17.8. The van der Waals surface area contributed by atoms with Gasteiger partial charge in [-0.05, 0) is 131 Å². The largest absolute Gasteiger partial charge is 0.481 e. The first kappa shape index (κ1) is 75.5. The molecule has 4 aromatic heterocycles. The molecule has 0 bridgehead atoms. The standard InChI is InChI=1S/C16H20F2N2O3.C13H16BrF2NO2.C13H18F2N2O2.C7H7Br2NO.C6H10F2O.C3H3ClO/c1-3-14(21)20-12-8-11(15(22-2)19-9-12)10-23-13-4-6-16(17,18)7-5-13;1-18-12-9(6-10(14)7-17-12)8-19-11-2-4-13(15,16)5-3-11;1-18-12-9(6-10(16)7-17-12)8-19-11-2-4-13(14,15)5-3-11;1-11-7-5(3-8)2-6(9)4-10-7;7-6(8)3-1-5(9)2-4-6;1-2-3(4)5/h3,8-9,13H,1,4-7,10H2,2H3,(H,20,21);6-7,11H,2-5,8H2,1H3;6-7,11H,2-5,8,16H2,1H3;2,4H,3H2,1H3;5,9H,1-4H2;2H,1H2. The van der Waals surface area contributed by atoms with Crippen LogP contribution >= 0.6 is 59.4 Å². The van der Waals surface area contributed by atoms with Crippen LogP contribution in [0.15, 0.2) is 83.3 Å². The van der Waals surface area contributed by atoms with Crippen LogP contribution in [0, 0.1) is 0 Å². The third-order valence-corrected chi connectivity index (χ3v) is 14.9. The quantitative estimate of drug-likeness (QED) is 0.0389. The molecule has 4 aromatic rings. The van der Waals surface area contributed by atoms with E-state index in [1.54, 1.807) is 38.7 Å². The van der Waals surface area contributed by atoms with Crippen LogP contribution in [0.2, 0.25) is 0 Å². The highest BCUT2D eigenvalue weighted by molar-refractivity contribution is 9.10. The minimum absolute atomic E-state index is 0.0917. The zero-order valence-electron chi connectivity index (χ0n) is 48.2. The number of aliphatic hydroxyl groups is 1. The molecule has 28 heteroatoms. The van der Waals surface area contributed by atoms with Gasteiger partial charge < -0.3 is 49.3 Å². The van der Waals surface area contributed by atoms with Crippen molar-refractivity contribution in [3.05, 3.63) is 106 Å². The number of nitrogen functional groups attached to an aromatic ring is 1. The molecule has 4 aliphatic carbocycles. The van der Waals surface area contributed by atoms with Crippen LogP contribution in [-0.4, -0.2) is 113 Å². The van der Waals surface area contributed by atoms with Crippen LogP contribution in [-0.2, 0) is 49.0 Å². The molecular weight excluding hydrogens is 1370 g/mol.